The first-order chi connectivity index (χ1) is 11.7. The van der Waals surface area contributed by atoms with Crippen LogP contribution in [0.3, 0.4) is 0 Å². The third-order valence-electron chi connectivity index (χ3n) is 3.05. The third kappa shape index (κ3) is 5.13. The number of pyridine rings is 1. The lowest BCUT2D eigenvalue weighted by Gasteiger charge is -2.17. The third-order valence-corrected chi connectivity index (χ3v) is 3.05. The summed E-state index contributed by atoms with van der Waals surface area (Å²) in [7, 11) is 1.38. The van der Waals surface area contributed by atoms with Crippen LogP contribution >= 0.6 is 0 Å². The van der Waals surface area contributed by atoms with E-state index in [0.717, 1.165) is 23.4 Å². The number of carbonyl (C=O) groups is 1. The van der Waals surface area contributed by atoms with Gasteiger partial charge in [-0.05, 0) is 6.07 Å². The van der Waals surface area contributed by atoms with Crippen molar-refractivity contribution in [3.05, 3.63) is 42.1 Å². The van der Waals surface area contributed by atoms with Gasteiger partial charge in [-0.2, -0.15) is 22.0 Å². The van der Waals surface area contributed by atoms with E-state index in [1.807, 2.05) is 0 Å². The molecule has 136 valence electrons. The molecular weight excluding hydrogens is 351 g/mol. The van der Waals surface area contributed by atoms with Crippen molar-refractivity contribution in [3.8, 4) is 5.88 Å². The van der Waals surface area contributed by atoms with Crippen LogP contribution in [-0.2, 0) is 6.54 Å². The molecule has 2 aromatic heterocycles. The van der Waals surface area contributed by atoms with Crippen LogP contribution in [0.15, 0.2) is 30.7 Å². The van der Waals surface area contributed by atoms with Crippen molar-refractivity contribution in [2.75, 3.05) is 13.7 Å². The minimum Gasteiger partial charge on any atom is -0.468 e. The Labute approximate surface area is 138 Å². The van der Waals surface area contributed by atoms with Crippen molar-refractivity contribution < 1.29 is 31.5 Å². The number of ether oxygens (including phenoxy) is 1. The summed E-state index contributed by atoms with van der Waals surface area (Å²) in [5.74, 6) is -0.854. The van der Waals surface area contributed by atoms with Gasteiger partial charge < -0.3 is 9.64 Å². The molecule has 0 aliphatic rings. The minimum absolute atomic E-state index is 0.0102. The predicted molar refractivity (Wildman–Crippen MR) is 75.1 cm³/mol. The number of nitrogens with zero attached hydrogens (tertiary/aromatic N) is 4. The summed E-state index contributed by atoms with van der Waals surface area (Å²) in [6.45, 7) is -4.46. The van der Waals surface area contributed by atoms with Crippen molar-refractivity contribution in [3.63, 3.8) is 0 Å². The Bertz CT molecular complexity index is 715. The van der Waals surface area contributed by atoms with E-state index >= 15 is 0 Å². The Morgan fingerprint density at radius 2 is 2.04 bits per heavy atom. The van der Waals surface area contributed by atoms with Crippen LogP contribution in [0.5, 0.6) is 5.88 Å². The Morgan fingerprint density at radius 1 is 1.32 bits per heavy atom. The van der Waals surface area contributed by atoms with Gasteiger partial charge in [0.1, 0.15) is 5.82 Å². The molecule has 11 heteroatoms. The van der Waals surface area contributed by atoms with E-state index in [1.165, 1.54) is 19.3 Å². The van der Waals surface area contributed by atoms with Gasteiger partial charge in [0.25, 0.3) is 5.91 Å². The maximum absolute atomic E-state index is 12.8. The van der Waals surface area contributed by atoms with Crippen molar-refractivity contribution >= 4 is 5.91 Å². The van der Waals surface area contributed by atoms with Crippen molar-refractivity contribution in [1.29, 1.82) is 0 Å². The molecule has 0 bridgehead atoms. The SMILES string of the molecule is CN(Cc1nccn1C(F)F)C(=O)c1ccc(OCC(F)(F)F)nc1. The molecule has 0 saturated carbocycles. The summed E-state index contributed by atoms with van der Waals surface area (Å²) in [4.78, 5) is 20.7. The van der Waals surface area contributed by atoms with Gasteiger partial charge >= 0.3 is 12.7 Å². The summed E-state index contributed by atoms with van der Waals surface area (Å²) < 4.78 is 66.7. The summed E-state index contributed by atoms with van der Waals surface area (Å²) in [6, 6.07) is 2.35. The molecule has 0 saturated heterocycles. The monoisotopic (exact) mass is 364 g/mol. The van der Waals surface area contributed by atoms with Gasteiger partial charge in [0.2, 0.25) is 5.88 Å². The molecule has 1 amide bonds. The fraction of sp³-hybridized carbons (Fsp3) is 0.357. The molecule has 0 fully saturated rings. The Kier molecular flexibility index (Phi) is 5.55. The highest BCUT2D eigenvalue weighted by molar-refractivity contribution is 5.93. The number of hydrogen-bond donors (Lipinski definition) is 0. The van der Waals surface area contributed by atoms with Gasteiger partial charge in [-0.1, -0.05) is 0 Å². The van der Waals surface area contributed by atoms with Gasteiger partial charge in [-0.3, -0.25) is 9.36 Å². The van der Waals surface area contributed by atoms with Crippen molar-refractivity contribution in [2.45, 2.75) is 19.3 Å². The molecule has 0 unspecified atom stereocenters. The molecule has 0 aromatic carbocycles. The second-order valence-electron chi connectivity index (χ2n) is 4.98. The number of alkyl halides is 5. The zero-order chi connectivity index (χ0) is 18.6. The quantitative estimate of drug-likeness (QED) is 0.740. The number of aromatic nitrogens is 3. The van der Waals surface area contributed by atoms with Gasteiger partial charge in [-0.15, -0.1) is 0 Å². The molecule has 2 rings (SSSR count). The average molecular weight is 364 g/mol. The summed E-state index contributed by atoms with van der Waals surface area (Å²) >= 11 is 0. The van der Waals surface area contributed by atoms with Gasteiger partial charge in [0, 0.05) is 31.7 Å². The highest BCUT2D eigenvalue weighted by Gasteiger charge is 2.28. The lowest BCUT2D eigenvalue weighted by atomic mass is 10.2. The van der Waals surface area contributed by atoms with Gasteiger partial charge in [0.15, 0.2) is 6.61 Å². The van der Waals surface area contributed by atoms with Crippen molar-refractivity contribution in [2.24, 2.45) is 0 Å². The largest absolute Gasteiger partial charge is 0.468 e. The van der Waals surface area contributed by atoms with E-state index in [2.05, 4.69) is 14.7 Å². The Balaban J connectivity index is 2.00. The Morgan fingerprint density at radius 3 is 2.60 bits per heavy atom. The zero-order valence-corrected chi connectivity index (χ0v) is 12.9. The maximum Gasteiger partial charge on any atom is 0.422 e. The first kappa shape index (κ1) is 18.6. The van der Waals surface area contributed by atoms with Gasteiger partial charge in [0.05, 0.1) is 12.1 Å². The second-order valence-corrected chi connectivity index (χ2v) is 4.98. The molecule has 0 radical (unpaired) electrons. The number of imidazole rings is 1. The molecule has 25 heavy (non-hydrogen) atoms. The fourth-order valence-corrected chi connectivity index (χ4v) is 1.90. The molecule has 0 aliphatic carbocycles. The molecule has 0 spiro atoms. The first-order valence-electron chi connectivity index (χ1n) is 6.88. The molecular formula is C14H13F5N4O2. The molecule has 6 nitrogen and oxygen atoms in total. The maximum atomic E-state index is 12.8. The van der Waals surface area contributed by atoms with Crippen LogP contribution in [0.4, 0.5) is 22.0 Å². The fourth-order valence-electron chi connectivity index (χ4n) is 1.90. The van der Waals surface area contributed by atoms with Crippen molar-refractivity contribution in [1.82, 2.24) is 19.4 Å². The molecule has 2 heterocycles. The summed E-state index contributed by atoms with van der Waals surface area (Å²) in [6.07, 6.45) is -1.17. The van der Waals surface area contributed by atoms with E-state index in [-0.39, 0.29) is 23.8 Å². The topological polar surface area (TPSA) is 60.2 Å². The molecule has 0 aliphatic heterocycles. The van der Waals surface area contributed by atoms with E-state index in [9.17, 15) is 26.7 Å². The standard InChI is InChI=1S/C14H13F5N4O2/c1-22(7-10-20-4-5-23(10)13(15)16)12(24)9-2-3-11(21-6-9)25-8-14(17,18)19/h2-6,13H,7-8H2,1H3. The summed E-state index contributed by atoms with van der Waals surface area (Å²) in [5.41, 5.74) is 0.0667. The lowest BCUT2D eigenvalue weighted by molar-refractivity contribution is -0.154. The normalized spacial score (nSPS) is 11.6. The highest BCUT2D eigenvalue weighted by atomic mass is 19.4. The number of rotatable bonds is 6. The van der Waals surface area contributed by atoms with Crippen LogP contribution in [0.1, 0.15) is 22.7 Å². The van der Waals surface area contributed by atoms with Crippen LogP contribution in [-0.4, -0.2) is 45.2 Å². The Hall–Kier alpha value is -2.72. The summed E-state index contributed by atoms with van der Waals surface area (Å²) in [5, 5.41) is 0. The number of amides is 1. The van der Waals surface area contributed by atoms with Crippen LogP contribution in [0, 0.1) is 0 Å². The number of carbonyl (C=O) groups excluding carboxylic acids is 1. The lowest BCUT2D eigenvalue weighted by Crippen LogP contribution is -2.28. The molecule has 2 aromatic rings. The molecule has 0 N–H and O–H groups in total. The van der Waals surface area contributed by atoms with Crippen LogP contribution in [0.2, 0.25) is 0 Å². The molecule has 0 atom stereocenters. The van der Waals surface area contributed by atoms with E-state index in [4.69, 9.17) is 0 Å². The van der Waals surface area contributed by atoms with Gasteiger partial charge in [-0.25, -0.2) is 9.97 Å². The van der Waals surface area contributed by atoms with E-state index in [0.29, 0.717) is 4.57 Å². The second kappa shape index (κ2) is 7.45. The smallest absolute Gasteiger partial charge is 0.422 e. The zero-order valence-electron chi connectivity index (χ0n) is 12.9. The van der Waals surface area contributed by atoms with Crippen LogP contribution < -0.4 is 4.74 Å². The number of halogens is 5. The predicted octanol–water partition coefficient (Wildman–Crippen LogP) is 2.89. The minimum atomic E-state index is -4.50. The van der Waals surface area contributed by atoms with E-state index in [1.54, 1.807) is 0 Å². The number of hydrogen-bond acceptors (Lipinski definition) is 4. The van der Waals surface area contributed by atoms with E-state index < -0.39 is 25.2 Å². The highest BCUT2D eigenvalue weighted by Crippen LogP contribution is 2.18. The first-order valence-corrected chi connectivity index (χ1v) is 6.88. The van der Waals surface area contributed by atoms with Crippen LogP contribution in [0.25, 0.3) is 0 Å². The average Bonchev–Trinajstić information content (AvgIpc) is 3.00.